The number of allylic oxidation sites excluding steroid dienone is 4. The maximum Gasteiger partial charge on any atom is 0.466 e. The zero-order valence-electron chi connectivity index (χ0n) is 9.37. The molecule has 0 aromatic carbocycles. The topological polar surface area (TPSA) is 112 Å². The summed E-state index contributed by atoms with van der Waals surface area (Å²) in [4.78, 5) is 43.6. The summed E-state index contributed by atoms with van der Waals surface area (Å²) in [7, 11) is -4.64. The summed E-state index contributed by atoms with van der Waals surface area (Å²) < 4.78 is 8.88. The van der Waals surface area contributed by atoms with E-state index in [0.29, 0.717) is 5.57 Å². The van der Waals surface area contributed by atoms with Crippen molar-refractivity contribution in [3.8, 4) is 0 Å². The quantitative estimate of drug-likeness (QED) is 0.514. The lowest BCUT2D eigenvalue weighted by atomic mass is 9.99. The highest BCUT2D eigenvalue weighted by atomic mass is 31.2. The molecule has 6 nitrogen and oxygen atoms in total. The first kappa shape index (κ1) is 15.9. The molecule has 0 aromatic heterocycles. The van der Waals surface area contributed by atoms with Crippen molar-refractivity contribution in [3.05, 3.63) is 23.8 Å². The third kappa shape index (κ3) is 9.84. The Balaban J connectivity index is 0.000000437. The van der Waals surface area contributed by atoms with Gasteiger partial charge in [0.05, 0.1) is 0 Å². The zero-order valence-corrected chi connectivity index (χ0v) is 10.3. The van der Waals surface area contributed by atoms with Crippen LogP contribution < -0.4 is 0 Å². The predicted octanol–water partition coefficient (Wildman–Crippen LogP) is 0.882. The number of hydrogen-bond acceptors (Lipinski definition) is 3. The Hall–Kier alpha value is -1.07. The smallest absolute Gasteiger partial charge is 0.303 e. The summed E-state index contributed by atoms with van der Waals surface area (Å²) in [5.41, 5.74) is 0.657. The first-order valence-corrected chi connectivity index (χ1v) is 6.55. The van der Waals surface area contributed by atoms with Gasteiger partial charge >= 0.3 is 7.82 Å². The zero-order chi connectivity index (χ0) is 13.5. The van der Waals surface area contributed by atoms with Crippen molar-refractivity contribution < 1.29 is 28.8 Å². The molecule has 1 aliphatic rings. The third-order valence-electron chi connectivity index (χ3n) is 1.83. The highest BCUT2D eigenvalue weighted by Crippen LogP contribution is 2.25. The molecular weight excluding hydrogens is 247 g/mol. The summed E-state index contributed by atoms with van der Waals surface area (Å²) in [5, 5.41) is 0. The molecule has 17 heavy (non-hydrogen) atoms. The van der Waals surface area contributed by atoms with E-state index in [1.165, 1.54) is 18.2 Å². The molecular formula is C10H15O6P. The molecule has 0 spiro atoms. The van der Waals surface area contributed by atoms with Crippen molar-refractivity contribution in [1.82, 2.24) is 0 Å². The minimum Gasteiger partial charge on any atom is -0.303 e. The van der Waals surface area contributed by atoms with Crippen LogP contribution in [-0.2, 0) is 14.2 Å². The van der Waals surface area contributed by atoms with Crippen LogP contribution in [0.5, 0.6) is 0 Å². The van der Waals surface area contributed by atoms with Crippen LogP contribution in [0.25, 0.3) is 0 Å². The van der Waals surface area contributed by atoms with Crippen LogP contribution in [0.2, 0.25) is 0 Å². The van der Waals surface area contributed by atoms with Crippen LogP contribution in [0.15, 0.2) is 23.8 Å². The van der Waals surface area contributed by atoms with Crippen LogP contribution in [-0.4, -0.2) is 26.2 Å². The highest BCUT2D eigenvalue weighted by Gasteiger charge is 2.11. The van der Waals surface area contributed by atoms with E-state index in [1.54, 1.807) is 0 Å². The van der Waals surface area contributed by atoms with E-state index in [2.05, 4.69) is 6.92 Å². The Morgan fingerprint density at radius 1 is 1.18 bits per heavy atom. The first-order chi connectivity index (χ1) is 7.74. The average Bonchev–Trinajstić information content (AvgIpc) is 2.17. The summed E-state index contributed by atoms with van der Waals surface area (Å²) in [6, 6.07) is 0. The second-order valence-corrected chi connectivity index (χ2v) is 4.41. The van der Waals surface area contributed by atoms with Crippen molar-refractivity contribution in [1.29, 1.82) is 0 Å². The Labute approximate surface area is 98.9 Å². The summed E-state index contributed by atoms with van der Waals surface area (Å²) in [6.45, 7) is 2.06. The maximum absolute atomic E-state index is 11.1. The fourth-order valence-corrected chi connectivity index (χ4v) is 1.12. The molecule has 3 N–H and O–H groups in total. The van der Waals surface area contributed by atoms with E-state index in [-0.39, 0.29) is 11.6 Å². The van der Waals surface area contributed by atoms with Gasteiger partial charge in [0.2, 0.25) is 0 Å². The molecule has 96 valence electrons. The second kappa shape index (κ2) is 7.29. The molecule has 0 amide bonds. The molecule has 0 radical (unpaired) electrons. The average molecular weight is 262 g/mol. The number of hydrogen-bond donors (Lipinski definition) is 3. The monoisotopic (exact) mass is 262 g/mol. The summed E-state index contributed by atoms with van der Waals surface area (Å²) in [6.07, 6.45) is 6.86. The highest BCUT2D eigenvalue weighted by molar-refractivity contribution is 7.45. The van der Waals surface area contributed by atoms with Crippen LogP contribution in [0.3, 0.4) is 0 Å². The molecule has 0 atom stereocenters. The van der Waals surface area contributed by atoms with Crippen LogP contribution >= 0.6 is 7.82 Å². The van der Waals surface area contributed by atoms with Crippen molar-refractivity contribution in [2.24, 2.45) is 0 Å². The SMILES string of the molecule is CCCCC1=CC(=O)C=CC1=O.O=P(O)(O)O. The molecule has 1 aliphatic carbocycles. The normalized spacial score (nSPS) is 15.2. The Kier molecular flexibility index (Phi) is 6.83. The van der Waals surface area contributed by atoms with E-state index < -0.39 is 7.82 Å². The van der Waals surface area contributed by atoms with Crippen LogP contribution in [0.1, 0.15) is 26.2 Å². The first-order valence-electron chi connectivity index (χ1n) is 4.99. The molecule has 0 saturated carbocycles. The van der Waals surface area contributed by atoms with Gasteiger partial charge in [-0.2, -0.15) is 0 Å². The molecule has 0 saturated heterocycles. The number of phosphoric acid groups is 1. The Bertz CT molecular complexity index is 381. The van der Waals surface area contributed by atoms with E-state index >= 15 is 0 Å². The van der Waals surface area contributed by atoms with Gasteiger partial charge in [0.25, 0.3) is 0 Å². The number of carbonyl (C=O) groups is 2. The molecule has 0 bridgehead atoms. The second-order valence-electron chi connectivity index (χ2n) is 3.39. The van der Waals surface area contributed by atoms with Gasteiger partial charge in [-0.15, -0.1) is 0 Å². The fraction of sp³-hybridized carbons (Fsp3) is 0.400. The van der Waals surface area contributed by atoms with E-state index in [4.69, 9.17) is 19.2 Å². The lowest BCUT2D eigenvalue weighted by Gasteiger charge is -2.04. The molecule has 0 aliphatic heterocycles. The van der Waals surface area contributed by atoms with Gasteiger partial charge in [0, 0.05) is 5.57 Å². The number of rotatable bonds is 3. The van der Waals surface area contributed by atoms with Crippen LogP contribution in [0, 0.1) is 0 Å². The van der Waals surface area contributed by atoms with Crippen molar-refractivity contribution >= 4 is 19.4 Å². The fourth-order valence-electron chi connectivity index (χ4n) is 1.12. The van der Waals surface area contributed by atoms with Gasteiger partial charge in [-0.3, -0.25) is 9.59 Å². The van der Waals surface area contributed by atoms with Gasteiger partial charge in [-0.05, 0) is 31.1 Å². The lowest BCUT2D eigenvalue weighted by Crippen LogP contribution is -2.07. The predicted molar refractivity (Wildman–Crippen MR) is 61.0 cm³/mol. The summed E-state index contributed by atoms with van der Waals surface area (Å²) >= 11 is 0. The third-order valence-corrected chi connectivity index (χ3v) is 1.83. The van der Waals surface area contributed by atoms with Gasteiger partial charge < -0.3 is 14.7 Å². The lowest BCUT2D eigenvalue weighted by molar-refractivity contribution is -0.114. The van der Waals surface area contributed by atoms with Gasteiger partial charge in [0.15, 0.2) is 11.6 Å². The molecule has 7 heteroatoms. The molecule has 0 fully saturated rings. The van der Waals surface area contributed by atoms with E-state index in [1.807, 2.05) is 0 Å². The largest absolute Gasteiger partial charge is 0.466 e. The molecule has 1 rings (SSSR count). The van der Waals surface area contributed by atoms with Crippen molar-refractivity contribution in [2.75, 3.05) is 0 Å². The van der Waals surface area contributed by atoms with E-state index in [9.17, 15) is 9.59 Å². The standard InChI is InChI=1S/C10H12O2.H3O4P/c1-2-3-4-8-7-9(11)5-6-10(8)12;1-5(2,3)4/h5-7H,2-4H2,1H3;(H3,1,2,3,4). The van der Waals surface area contributed by atoms with E-state index in [0.717, 1.165) is 19.3 Å². The van der Waals surface area contributed by atoms with Gasteiger partial charge in [-0.25, -0.2) is 4.57 Å². The van der Waals surface area contributed by atoms with Crippen LogP contribution in [0.4, 0.5) is 0 Å². The van der Waals surface area contributed by atoms with Crippen molar-refractivity contribution in [2.45, 2.75) is 26.2 Å². The molecule has 0 heterocycles. The number of unbranched alkanes of at least 4 members (excludes halogenated alkanes) is 1. The maximum atomic E-state index is 11.1. The minimum absolute atomic E-state index is 0.0111. The molecule has 0 unspecified atom stereocenters. The number of carbonyl (C=O) groups excluding carboxylic acids is 2. The minimum atomic E-state index is -4.64. The molecule has 0 aromatic rings. The van der Waals surface area contributed by atoms with Crippen molar-refractivity contribution in [3.63, 3.8) is 0 Å². The summed E-state index contributed by atoms with van der Waals surface area (Å²) in [5.74, 6) is -0.0799. The Morgan fingerprint density at radius 3 is 2.18 bits per heavy atom. The Morgan fingerprint density at radius 2 is 1.71 bits per heavy atom. The van der Waals surface area contributed by atoms with Gasteiger partial charge in [-0.1, -0.05) is 13.3 Å². The number of ketones is 2. The van der Waals surface area contributed by atoms with Gasteiger partial charge in [0.1, 0.15) is 0 Å².